The molecule has 1 heterocycles. The van der Waals surface area contributed by atoms with E-state index < -0.39 is 5.54 Å². The largest absolute Gasteiger partial charge is 0.377 e. The summed E-state index contributed by atoms with van der Waals surface area (Å²) in [5.74, 6) is 0. The summed E-state index contributed by atoms with van der Waals surface area (Å²) < 4.78 is 5.67. The minimum Gasteiger partial charge on any atom is -0.377 e. The molecule has 4 nitrogen and oxygen atoms in total. The molecule has 1 aliphatic heterocycles. The Balaban J connectivity index is 1.74. The third kappa shape index (κ3) is 4.34. The molecule has 4 rings (SSSR count). The fourth-order valence-electron chi connectivity index (χ4n) is 3.66. The van der Waals surface area contributed by atoms with Gasteiger partial charge >= 0.3 is 0 Å². The molecule has 0 aliphatic carbocycles. The predicted molar refractivity (Wildman–Crippen MR) is 116 cm³/mol. The summed E-state index contributed by atoms with van der Waals surface area (Å²) >= 11 is 0. The highest BCUT2D eigenvalue weighted by Gasteiger charge is 2.33. The predicted octanol–water partition coefficient (Wildman–Crippen LogP) is 4.26. The van der Waals surface area contributed by atoms with E-state index in [0.29, 0.717) is 13.2 Å². The first kappa shape index (κ1) is 19.2. The minimum atomic E-state index is -0.436. The van der Waals surface area contributed by atoms with E-state index in [1.54, 1.807) is 0 Å². The zero-order valence-corrected chi connectivity index (χ0v) is 16.4. The number of rotatable bonds is 5. The molecule has 1 fully saturated rings. The van der Waals surface area contributed by atoms with Crippen LogP contribution in [0.1, 0.15) is 23.6 Å². The second-order valence-electron chi connectivity index (χ2n) is 7.48. The first-order chi connectivity index (χ1) is 14.2. The van der Waals surface area contributed by atoms with Gasteiger partial charge in [0.25, 0.3) is 0 Å². The van der Waals surface area contributed by atoms with E-state index >= 15 is 0 Å². The van der Waals surface area contributed by atoms with E-state index in [0.717, 1.165) is 34.4 Å². The highest BCUT2D eigenvalue weighted by Crippen LogP contribution is 2.28. The molecular formula is C25H24N2O2. The Labute approximate surface area is 171 Å². The van der Waals surface area contributed by atoms with Gasteiger partial charge in [0, 0.05) is 11.1 Å². The lowest BCUT2D eigenvalue weighted by molar-refractivity contribution is -0.114. The van der Waals surface area contributed by atoms with Crippen molar-refractivity contribution in [2.45, 2.75) is 18.5 Å². The molecular weight excluding hydrogens is 360 g/mol. The Kier molecular flexibility index (Phi) is 5.65. The number of nitrogens with zero attached hydrogens (tertiary/aromatic N) is 1. The number of aldehydes is 1. The molecule has 0 amide bonds. The Bertz CT molecular complexity index is 960. The van der Waals surface area contributed by atoms with E-state index in [9.17, 15) is 4.79 Å². The van der Waals surface area contributed by atoms with Crippen molar-refractivity contribution < 1.29 is 9.53 Å². The molecule has 0 spiro atoms. The fourth-order valence-corrected chi connectivity index (χ4v) is 3.66. The van der Waals surface area contributed by atoms with Crippen molar-refractivity contribution in [1.82, 2.24) is 5.32 Å². The van der Waals surface area contributed by atoms with Crippen LogP contribution in [0, 0.1) is 0 Å². The topological polar surface area (TPSA) is 50.7 Å². The molecule has 1 aliphatic rings. The lowest BCUT2D eigenvalue weighted by Crippen LogP contribution is -2.55. The average Bonchev–Trinajstić information content (AvgIpc) is 2.79. The molecule has 3 aromatic rings. The van der Waals surface area contributed by atoms with E-state index in [-0.39, 0.29) is 6.04 Å². The summed E-state index contributed by atoms with van der Waals surface area (Å²) in [5.41, 5.74) is 4.53. The lowest BCUT2D eigenvalue weighted by Gasteiger charge is -2.38. The maximum Gasteiger partial charge on any atom is 0.139 e. The summed E-state index contributed by atoms with van der Waals surface area (Å²) in [6, 6.07) is 28.2. The second-order valence-corrected chi connectivity index (χ2v) is 7.48. The Morgan fingerprint density at radius 1 is 1.00 bits per heavy atom. The zero-order valence-electron chi connectivity index (χ0n) is 16.4. The molecule has 146 valence electrons. The van der Waals surface area contributed by atoms with Crippen LogP contribution in [-0.2, 0) is 15.1 Å². The summed E-state index contributed by atoms with van der Waals surface area (Å²) in [5, 5.41) is 3.40. The molecule has 4 heteroatoms. The van der Waals surface area contributed by atoms with Gasteiger partial charge in [-0.2, -0.15) is 0 Å². The number of hydrogen-bond donors (Lipinski definition) is 1. The van der Waals surface area contributed by atoms with E-state index in [4.69, 9.17) is 9.73 Å². The van der Waals surface area contributed by atoms with E-state index in [1.165, 1.54) is 0 Å². The van der Waals surface area contributed by atoms with Crippen LogP contribution in [0.5, 0.6) is 0 Å². The van der Waals surface area contributed by atoms with Crippen molar-refractivity contribution in [2.75, 3.05) is 13.2 Å². The lowest BCUT2D eigenvalue weighted by atomic mass is 9.90. The van der Waals surface area contributed by atoms with E-state index in [2.05, 4.69) is 42.6 Å². The van der Waals surface area contributed by atoms with E-state index in [1.807, 2.05) is 54.6 Å². The first-order valence-corrected chi connectivity index (χ1v) is 9.79. The number of benzene rings is 3. The summed E-state index contributed by atoms with van der Waals surface area (Å²) in [4.78, 5) is 16.2. The SMILES string of the molecule is CC1(c2cccc(N=C(c3ccccc3)c3ccccc3)c2)COCC(C=O)N1. The van der Waals surface area contributed by atoms with Gasteiger partial charge in [-0.05, 0) is 24.6 Å². The average molecular weight is 384 g/mol. The molecule has 0 bridgehead atoms. The van der Waals surface area contributed by atoms with Crippen molar-refractivity contribution in [2.24, 2.45) is 4.99 Å². The van der Waals surface area contributed by atoms with Crippen LogP contribution >= 0.6 is 0 Å². The van der Waals surface area contributed by atoms with Crippen molar-refractivity contribution in [3.8, 4) is 0 Å². The van der Waals surface area contributed by atoms with Crippen LogP contribution < -0.4 is 5.32 Å². The van der Waals surface area contributed by atoms with Crippen LogP contribution in [-0.4, -0.2) is 31.3 Å². The Morgan fingerprint density at radius 3 is 2.28 bits per heavy atom. The van der Waals surface area contributed by atoms with Crippen LogP contribution in [0.2, 0.25) is 0 Å². The van der Waals surface area contributed by atoms with Crippen LogP contribution in [0.25, 0.3) is 0 Å². The first-order valence-electron chi connectivity index (χ1n) is 9.79. The molecule has 0 saturated carbocycles. The fraction of sp³-hybridized carbons (Fsp3) is 0.200. The van der Waals surface area contributed by atoms with Crippen molar-refractivity contribution in [3.05, 3.63) is 102 Å². The molecule has 0 radical (unpaired) electrons. The third-order valence-corrected chi connectivity index (χ3v) is 5.18. The molecule has 1 N–H and O–H groups in total. The Hall–Kier alpha value is -3.08. The number of carbonyl (C=O) groups is 1. The van der Waals surface area contributed by atoms with Crippen molar-refractivity contribution in [3.63, 3.8) is 0 Å². The summed E-state index contributed by atoms with van der Waals surface area (Å²) in [6.07, 6.45) is 0.905. The smallest absolute Gasteiger partial charge is 0.139 e. The monoisotopic (exact) mass is 384 g/mol. The van der Waals surface area contributed by atoms with Gasteiger partial charge in [-0.25, -0.2) is 4.99 Å². The molecule has 1 saturated heterocycles. The maximum atomic E-state index is 11.2. The quantitative estimate of drug-likeness (QED) is 0.528. The van der Waals surface area contributed by atoms with Gasteiger partial charge in [0.05, 0.1) is 36.2 Å². The number of nitrogens with one attached hydrogen (secondary N) is 1. The molecule has 29 heavy (non-hydrogen) atoms. The van der Waals surface area contributed by atoms with Crippen LogP contribution in [0.3, 0.4) is 0 Å². The maximum absolute atomic E-state index is 11.2. The minimum absolute atomic E-state index is 0.301. The van der Waals surface area contributed by atoms with Gasteiger partial charge in [0.15, 0.2) is 0 Å². The Morgan fingerprint density at radius 2 is 1.66 bits per heavy atom. The van der Waals surface area contributed by atoms with Crippen molar-refractivity contribution in [1.29, 1.82) is 0 Å². The van der Waals surface area contributed by atoms with Crippen molar-refractivity contribution >= 4 is 17.7 Å². The molecule has 0 aromatic heterocycles. The standard InChI is InChI=1S/C25H24N2O2/c1-25(18-29-17-23(16-28)27-25)21-13-8-14-22(15-21)26-24(19-9-4-2-5-10-19)20-11-6-3-7-12-20/h2-16,23,27H,17-18H2,1H3. The molecule has 3 aromatic carbocycles. The summed E-state index contributed by atoms with van der Waals surface area (Å²) in [6.45, 7) is 2.97. The normalized spacial score (nSPS) is 21.3. The third-order valence-electron chi connectivity index (χ3n) is 5.18. The number of aliphatic imine (C=N–C) groups is 1. The molecule has 2 atom stereocenters. The number of ether oxygens (including phenoxy) is 1. The van der Waals surface area contributed by atoms with Crippen LogP contribution in [0.15, 0.2) is 89.9 Å². The van der Waals surface area contributed by atoms with Crippen LogP contribution in [0.4, 0.5) is 5.69 Å². The van der Waals surface area contributed by atoms with Gasteiger partial charge in [0.2, 0.25) is 0 Å². The van der Waals surface area contributed by atoms with Gasteiger partial charge < -0.3 is 9.53 Å². The number of hydrogen-bond acceptors (Lipinski definition) is 4. The number of carbonyl (C=O) groups excluding carboxylic acids is 1. The highest BCUT2D eigenvalue weighted by molar-refractivity contribution is 6.13. The zero-order chi connectivity index (χ0) is 20.1. The van der Waals surface area contributed by atoms with Gasteiger partial charge in [-0.15, -0.1) is 0 Å². The molecule has 2 unspecified atom stereocenters. The summed E-state index contributed by atoms with van der Waals surface area (Å²) in [7, 11) is 0. The second kappa shape index (κ2) is 8.52. The number of morpholine rings is 1. The van der Waals surface area contributed by atoms with Gasteiger partial charge in [0.1, 0.15) is 6.29 Å². The van der Waals surface area contributed by atoms with Gasteiger partial charge in [-0.3, -0.25) is 5.32 Å². The highest BCUT2D eigenvalue weighted by atomic mass is 16.5. The van der Waals surface area contributed by atoms with Gasteiger partial charge in [-0.1, -0.05) is 72.8 Å².